The summed E-state index contributed by atoms with van der Waals surface area (Å²) in [6.45, 7) is 11.1. The van der Waals surface area contributed by atoms with Gasteiger partial charge in [-0.05, 0) is 26.5 Å². The van der Waals surface area contributed by atoms with Gasteiger partial charge in [-0.25, -0.2) is 0 Å². The monoisotopic (exact) mass is 460 g/mol. The first-order valence-electron chi connectivity index (χ1n) is 8.58. The van der Waals surface area contributed by atoms with Crippen LogP contribution in [0.1, 0.15) is 25.8 Å². The van der Waals surface area contributed by atoms with Crippen LogP contribution in [0.15, 0.2) is 41.9 Å². The molecule has 0 aliphatic heterocycles. The largest absolute Gasteiger partial charge is 0.489 e. The molecule has 0 bridgehead atoms. The highest BCUT2D eigenvalue weighted by atomic mass is 127. The Balaban J connectivity index is 0.00000576. The zero-order chi connectivity index (χ0) is 17.8. The first-order chi connectivity index (χ1) is 11.6. The van der Waals surface area contributed by atoms with Crippen LogP contribution in [0, 0.1) is 0 Å². The molecule has 142 valence electrons. The van der Waals surface area contributed by atoms with Crippen LogP contribution in [0.5, 0.6) is 5.75 Å². The highest BCUT2D eigenvalue weighted by molar-refractivity contribution is 14.0. The van der Waals surface area contributed by atoms with Crippen molar-refractivity contribution in [2.45, 2.75) is 32.9 Å². The van der Waals surface area contributed by atoms with E-state index < -0.39 is 0 Å². The highest BCUT2D eigenvalue weighted by Crippen LogP contribution is 2.17. The minimum Gasteiger partial charge on any atom is -0.489 e. The number of ether oxygens (including phenoxy) is 1. The SMILES string of the molecule is C=CCOc1ccccc1CNC(=NC)NCCN(C)C(C)CC.I. The minimum absolute atomic E-state index is 0. The van der Waals surface area contributed by atoms with Crippen molar-refractivity contribution in [2.75, 3.05) is 33.8 Å². The van der Waals surface area contributed by atoms with Crippen LogP contribution >= 0.6 is 24.0 Å². The Labute approximate surface area is 169 Å². The number of rotatable bonds is 10. The van der Waals surface area contributed by atoms with Gasteiger partial charge in [0.05, 0.1) is 0 Å². The Bertz CT molecular complexity index is 522. The second-order valence-electron chi connectivity index (χ2n) is 5.80. The van der Waals surface area contributed by atoms with E-state index in [1.54, 1.807) is 13.1 Å². The van der Waals surface area contributed by atoms with Crippen molar-refractivity contribution in [3.05, 3.63) is 42.5 Å². The van der Waals surface area contributed by atoms with Gasteiger partial charge in [-0.2, -0.15) is 0 Å². The molecule has 0 heterocycles. The predicted octanol–water partition coefficient (Wildman–Crippen LogP) is 3.26. The lowest BCUT2D eigenvalue weighted by Gasteiger charge is -2.24. The number of aliphatic imine (C=N–C) groups is 1. The summed E-state index contributed by atoms with van der Waals surface area (Å²) >= 11 is 0. The van der Waals surface area contributed by atoms with Gasteiger partial charge in [0, 0.05) is 38.3 Å². The lowest BCUT2D eigenvalue weighted by Crippen LogP contribution is -2.42. The van der Waals surface area contributed by atoms with E-state index in [1.165, 1.54) is 0 Å². The fraction of sp³-hybridized carbons (Fsp3) is 0.526. The third-order valence-electron chi connectivity index (χ3n) is 4.10. The standard InChI is InChI=1S/C19H32N4O.HI/c1-6-14-24-18-11-9-8-10-17(18)15-22-19(20-4)21-12-13-23(5)16(3)7-2;/h6,8-11,16H,1,7,12-15H2,2-5H3,(H2,20,21,22);1H. The molecule has 0 amide bonds. The maximum atomic E-state index is 5.68. The van der Waals surface area contributed by atoms with Gasteiger partial charge in [-0.3, -0.25) is 4.99 Å². The summed E-state index contributed by atoms with van der Waals surface area (Å²) in [7, 11) is 3.94. The van der Waals surface area contributed by atoms with E-state index >= 15 is 0 Å². The number of para-hydroxylation sites is 1. The molecule has 0 saturated carbocycles. The van der Waals surface area contributed by atoms with Gasteiger partial charge in [0.25, 0.3) is 0 Å². The summed E-state index contributed by atoms with van der Waals surface area (Å²) < 4.78 is 5.68. The van der Waals surface area contributed by atoms with Crippen LogP contribution < -0.4 is 15.4 Å². The number of guanidine groups is 1. The summed E-state index contributed by atoms with van der Waals surface area (Å²) in [5.41, 5.74) is 1.10. The molecule has 1 aromatic carbocycles. The zero-order valence-corrected chi connectivity index (χ0v) is 18.2. The van der Waals surface area contributed by atoms with Crippen LogP contribution in [0.4, 0.5) is 0 Å². The minimum atomic E-state index is 0. The molecule has 0 aliphatic carbocycles. The van der Waals surface area contributed by atoms with Gasteiger partial charge >= 0.3 is 0 Å². The van der Waals surface area contributed by atoms with E-state index in [1.807, 2.05) is 18.2 Å². The van der Waals surface area contributed by atoms with E-state index in [2.05, 4.69) is 54.1 Å². The molecule has 2 N–H and O–H groups in total. The average Bonchev–Trinajstić information content (AvgIpc) is 2.62. The van der Waals surface area contributed by atoms with Gasteiger partial charge in [0.1, 0.15) is 12.4 Å². The van der Waals surface area contributed by atoms with Crippen LogP contribution in [0.3, 0.4) is 0 Å². The molecule has 6 heteroatoms. The second kappa shape index (κ2) is 13.9. The lowest BCUT2D eigenvalue weighted by molar-refractivity contribution is 0.255. The molecule has 25 heavy (non-hydrogen) atoms. The molecule has 1 unspecified atom stereocenters. The Kier molecular flexibility index (Phi) is 13.2. The number of hydrogen-bond acceptors (Lipinski definition) is 3. The third kappa shape index (κ3) is 9.11. The maximum Gasteiger partial charge on any atom is 0.191 e. The maximum absolute atomic E-state index is 5.68. The lowest BCUT2D eigenvalue weighted by atomic mass is 10.2. The molecular formula is C19H33IN4O. The van der Waals surface area contributed by atoms with E-state index in [9.17, 15) is 0 Å². The fourth-order valence-electron chi connectivity index (χ4n) is 2.22. The van der Waals surface area contributed by atoms with E-state index in [-0.39, 0.29) is 24.0 Å². The van der Waals surface area contributed by atoms with Crippen molar-refractivity contribution in [1.29, 1.82) is 0 Å². The summed E-state index contributed by atoms with van der Waals surface area (Å²) in [4.78, 5) is 6.62. The number of hydrogen-bond donors (Lipinski definition) is 2. The summed E-state index contributed by atoms with van der Waals surface area (Å²) in [5, 5.41) is 6.69. The van der Waals surface area contributed by atoms with Gasteiger partial charge in [-0.15, -0.1) is 24.0 Å². The molecule has 1 aromatic rings. The van der Waals surface area contributed by atoms with Gasteiger partial charge < -0.3 is 20.3 Å². The topological polar surface area (TPSA) is 48.9 Å². The Morgan fingerprint density at radius 3 is 2.72 bits per heavy atom. The van der Waals surface area contributed by atoms with Crippen molar-refractivity contribution < 1.29 is 4.74 Å². The average molecular weight is 460 g/mol. The van der Waals surface area contributed by atoms with Crippen molar-refractivity contribution in [3.8, 4) is 5.75 Å². The van der Waals surface area contributed by atoms with Crippen LogP contribution in [-0.2, 0) is 6.54 Å². The fourth-order valence-corrected chi connectivity index (χ4v) is 2.22. The Hall–Kier alpha value is -1.28. The van der Waals surface area contributed by atoms with Crippen molar-refractivity contribution in [2.24, 2.45) is 4.99 Å². The molecule has 5 nitrogen and oxygen atoms in total. The molecule has 1 atom stereocenters. The van der Waals surface area contributed by atoms with Crippen LogP contribution in [0.25, 0.3) is 0 Å². The van der Waals surface area contributed by atoms with Crippen LogP contribution in [-0.4, -0.2) is 50.7 Å². The van der Waals surface area contributed by atoms with E-state index in [0.29, 0.717) is 19.2 Å². The predicted molar refractivity (Wildman–Crippen MR) is 118 cm³/mol. The smallest absolute Gasteiger partial charge is 0.191 e. The number of benzene rings is 1. The molecule has 0 spiro atoms. The van der Waals surface area contributed by atoms with Crippen LogP contribution in [0.2, 0.25) is 0 Å². The number of likely N-dealkylation sites (N-methyl/N-ethyl adjacent to an activating group) is 1. The number of nitrogens with zero attached hydrogens (tertiary/aromatic N) is 2. The zero-order valence-electron chi connectivity index (χ0n) is 15.9. The van der Waals surface area contributed by atoms with E-state index in [0.717, 1.165) is 36.8 Å². The molecular weight excluding hydrogens is 427 g/mol. The molecule has 0 radical (unpaired) electrons. The molecule has 0 aromatic heterocycles. The van der Waals surface area contributed by atoms with Gasteiger partial charge in [-0.1, -0.05) is 37.8 Å². The number of halogens is 1. The Morgan fingerprint density at radius 2 is 2.08 bits per heavy atom. The molecule has 0 saturated heterocycles. The molecule has 0 fully saturated rings. The Morgan fingerprint density at radius 1 is 1.36 bits per heavy atom. The highest BCUT2D eigenvalue weighted by Gasteiger charge is 2.07. The summed E-state index contributed by atoms with van der Waals surface area (Å²) in [6, 6.07) is 8.60. The summed E-state index contributed by atoms with van der Waals surface area (Å²) in [5.74, 6) is 1.67. The normalized spacial score (nSPS) is 12.3. The first-order valence-corrected chi connectivity index (χ1v) is 8.58. The number of nitrogens with one attached hydrogen (secondary N) is 2. The van der Waals surface area contributed by atoms with Crippen molar-refractivity contribution in [3.63, 3.8) is 0 Å². The van der Waals surface area contributed by atoms with E-state index in [4.69, 9.17) is 4.74 Å². The molecule has 0 aliphatic rings. The summed E-state index contributed by atoms with van der Waals surface area (Å²) in [6.07, 6.45) is 2.91. The van der Waals surface area contributed by atoms with Crippen molar-refractivity contribution in [1.82, 2.24) is 15.5 Å². The van der Waals surface area contributed by atoms with Gasteiger partial charge in [0.15, 0.2) is 5.96 Å². The molecule has 1 rings (SSSR count). The quantitative estimate of drug-likeness (QED) is 0.244. The second-order valence-corrected chi connectivity index (χ2v) is 5.80. The third-order valence-corrected chi connectivity index (χ3v) is 4.10. The first kappa shape index (κ1) is 23.7. The van der Waals surface area contributed by atoms with Gasteiger partial charge in [0.2, 0.25) is 0 Å². The van der Waals surface area contributed by atoms with Crippen molar-refractivity contribution >= 4 is 29.9 Å².